The van der Waals surface area contributed by atoms with Crippen LogP contribution in [-0.2, 0) is 19.0 Å². The Morgan fingerprint density at radius 1 is 0.902 bits per heavy atom. The molecule has 1 aliphatic heterocycles. The van der Waals surface area contributed by atoms with Crippen molar-refractivity contribution in [1.29, 1.82) is 0 Å². The number of amides is 1. The van der Waals surface area contributed by atoms with Gasteiger partial charge in [-0.3, -0.25) is 4.79 Å². The fourth-order valence-corrected chi connectivity index (χ4v) is 5.26. The largest absolute Gasteiger partial charge is 0.388 e. The number of nitrogens with one attached hydrogen (secondary N) is 2. The number of ether oxygens (including phenoxy) is 3. The van der Waals surface area contributed by atoms with Crippen molar-refractivity contribution in [3.63, 3.8) is 0 Å². The first kappa shape index (κ1) is 36.1. The van der Waals surface area contributed by atoms with E-state index in [1.165, 1.54) is 12.8 Å². The highest BCUT2D eigenvalue weighted by Gasteiger charge is 2.49. The van der Waals surface area contributed by atoms with Crippen molar-refractivity contribution in [2.75, 3.05) is 39.3 Å². The molecule has 4 unspecified atom stereocenters. The molecule has 16 N–H and O–H groups in total. The summed E-state index contributed by atoms with van der Waals surface area (Å²) in [6.45, 7) is 2.35. The van der Waals surface area contributed by atoms with Gasteiger partial charge in [0.25, 0.3) is 0 Å². The van der Waals surface area contributed by atoms with E-state index >= 15 is 0 Å². The van der Waals surface area contributed by atoms with E-state index in [9.17, 15) is 25.2 Å². The van der Waals surface area contributed by atoms with Gasteiger partial charge in [0.2, 0.25) is 5.91 Å². The monoisotopic (exact) mass is 593 g/mol. The molecule has 0 radical (unpaired) electrons. The third-order valence-electron chi connectivity index (χ3n) is 7.76. The normalized spacial score (nSPS) is 34.9. The second-order valence-corrected chi connectivity index (χ2v) is 11.0. The van der Waals surface area contributed by atoms with Gasteiger partial charge < -0.3 is 73.9 Å². The summed E-state index contributed by atoms with van der Waals surface area (Å²) in [4.78, 5) is 12.6. The van der Waals surface area contributed by atoms with Crippen molar-refractivity contribution in [3.05, 3.63) is 0 Å². The van der Waals surface area contributed by atoms with Crippen LogP contribution < -0.4 is 39.3 Å². The fraction of sp³-hybridized carbons (Fsp3) is 0.962. The molecule has 1 saturated carbocycles. The molecule has 41 heavy (non-hydrogen) atoms. The summed E-state index contributed by atoms with van der Waals surface area (Å²) in [6.07, 6.45) is -2.43. The number of carbonyl (C=O) groups is 1. The van der Waals surface area contributed by atoms with Crippen LogP contribution in [0, 0.1) is 0 Å². The highest BCUT2D eigenvalue weighted by Crippen LogP contribution is 2.29. The Kier molecular flexibility index (Phi) is 17.0. The van der Waals surface area contributed by atoms with Gasteiger partial charge in [0.1, 0.15) is 42.7 Å². The Morgan fingerprint density at radius 3 is 2.24 bits per heavy atom. The number of rotatable bonds is 19. The molecule has 1 saturated heterocycles. The lowest BCUT2D eigenvalue weighted by Gasteiger charge is -2.47. The standard InChI is InChI=1S/C26H55N7O8/c27-8-5-3-1-2-4-6-10-32-11-12-39-24-16(33-25(38)17(34)7-9-28)13-15(30)23(22(24)37)41-26-19(31)21(36)20(35)18(14-29)40-26/h15-24,26,32,34-37H,1-14,27-31H2,(H,33,38)/t15?,16-,17+,18?,19?,20-,21-,22+,23-,24?,26-/m1/s1. The van der Waals surface area contributed by atoms with Crippen LogP contribution in [0.5, 0.6) is 0 Å². The molecular formula is C26H55N7O8. The second kappa shape index (κ2) is 19.3. The minimum atomic E-state index is -1.36. The fourth-order valence-electron chi connectivity index (χ4n) is 5.26. The van der Waals surface area contributed by atoms with Crippen LogP contribution in [-0.4, -0.2) is 133 Å². The molecule has 1 heterocycles. The molecule has 0 aromatic heterocycles. The van der Waals surface area contributed by atoms with Crippen LogP contribution in [0.25, 0.3) is 0 Å². The van der Waals surface area contributed by atoms with Crippen LogP contribution in [0.3, 0.4) is 0 Å². The number of hydrogen-bond acceptors (Lipinski definition) is 14. The molecule has 0 bridgehead atoms. The van der Waals surface area contributed by atoms with E-state index in [4.69, 9.17) is 42.9 Å². The van der Waals surface area contributed by atoms with Gasteiger partial charge in [0, 0.05) is 19.1 Å². The van der Waals surface area contributed by atoms with Gasteiger partial charge in [0.05, 0.1) is 18.7 Å². The summed E-state index contributed by atoms with van der Waals surface area (Å²) in [5, 5.41) is 47.9. The summed E-state index contributed by atoms with van der Waals surface area (Å²) >= 11 is 0. The van der Waals surface area contributed by atoms with Crippen molar-refractivity contribution in [2.45, 2.75) is 119 Å². The summed E-state index contributed by atoms with van der Waals surface area (Å²) in [5.41, 5.74) is 29.0. The first-order valence-corrected chi connectivity index (χ1v) is 14.9. The minimum Gasteiger partial charge on any atom is -0.388 e. The number of hydrogen-bond donors (Lipinski definition) is 11. The van der Waals surface area contributed by atoms with Crippen LogP contribution in [0.15, 0.2) is 0 Å². The Bertz CT molecular complexity index is 727. The zero-order chi connectivity index (χ0) is 30.4. The zero-order valence-corrected chi connectivity index (χ0v) is 24.1. The predicted octanol–water partition coefficient (Wildman–Crippen LogP) is -4.34. The number of aliphatic hydroxyl groups is 4. The summed E-state index contributed by atoms with van der Waals surface area (Å²) in [7, 11) is 0. The molecular weight excluding hydrogens is 538 g/mol. The Morgan fingerprint density at radius 2 is 1.59 bits per heavy atom. The zero-order valence-electron chi connectivity index (χ0n) is 24.1. The number of carbonyl (C=O) groups excluding carboxylic acids is 1. The van der Waals surface area contributed by atoms with Gasteiger partial charge in [-0.05, 0) is 45.3 Å². The molecule has 0 aromatic carbocycles. The van der Waals surface area contributed by atoms with Gasteiger partial charge in [-0.15, -0.1) is 0 Å². The maximum Gasteiger partial charge on any atom is 0.249 e. The summed E-state index contributed by atoms with van der Waals surface area (Å²) in [5.74, 6) is -0.641. The molecule has 1 aliphatic carbocycles. The minimum absolute atomic E-state index is 0.0781. The Labute approximate surface area is 242 Å². The molecule has 1 amide bonds. The van der Waals surface area contributed by atoms with E-state index < -0.39 is 73.1 Å². The molecule has 2 rings (SSSR count). The van der Waals surface area contributed by atoms with Gasteiger partial charge in [-0.2, -0.15) is 0 Å². The second-order valence-electron chi connectivity index (χ2n) is 11.0. The molecule has 2 aliphatic rings. The van der Waals surface area contributed by atoms with Gasteiger partial charge >= 0.3 is 0 Å². The third-order valence-corrected chi connectivity index (χ3v) is 7.76. The van der Waals surface area contributed by atoms with Crippen LogP contribution in [0.2, 0.25) is 0 Å². The quantitative estimate of drug-likeness (QED) is 0.0632. The third kappa shape index (κ3) is 11.2. The van der Waals surface area contributed by atoms with E-state index in [2.05, 4.69) is 10.6 Å². The number of aliphatic hydroxyl groups excluding tert-OH is 4. The van der Waals surface area contributed by atoms with Crippen molar-refractivity contribution in [3.8, 4) is 0 Å². The molecule has 15 nitrogen and oxygen atoms in total. The lowest BCUT2D eigenvalue weighted by Crippen LogP contribution is -2.68. The molecule has 0 spiro atoms. The maximum atomic E-state index is 12.6. The average molecular weight is 594 g/mol. The van der Waals surface area contributed by atoms with Gasteiger partial charge in [0.15, 0.2) is 6.29 Å². The summed E-state index contributed by atoms with van der Waals surface area (Å²) < 4.78 is 17.7. The Balaban J connectivity index is 1.98. The molecule has 2 fully saturated rings. The van der Waals surface area contributed by atoms with Crippen molar-refractivity contribution in [1.82, 2.24) is 10.6 Å². The topological polar surface area (TPSA) is 280 Å². The average Bonchev–Trinajstić information content (AvgIpc) is 2.95. The van der Waals surface area contributed by atoms with E-state index in [0.29, 0.717) is 6.54 Å². The van der Waals surface area contributed by atoms with Crippen molar-refractivity contribution in [2.24, 2.45) is 28.7 Å². The van der Waals surface area contributed by atoms with Crippen LogP contribution >= 0.6 is 0 Å². The van der Waals surface area contributed by atoms with Crippen LogP contribution in [0.1, 0.15) is 51.4 Å². The predicted molar refractivity (Wildman–Crippen MR) is 152 cm³/mol. The number of unbranched alkanes of at least 4 members (excludes halogenated alkanes) is 5. The lowest BCUT2D eigenvalue weighted by atomic mass is 9.83. The smallest absolute Gasteiger partial charge is 0.249 e. The maximum absolute atomic E-state index is 12.6. The van der Waals surface area contributed by atoms with Crippen molar-refractivity contribution < 1.29 is 39.4 Å². The number of nitrogens with two attached hydrogens (primary N) is 5. The SMILES string of the molecule is NCCCCCCCCNCCOC1[C@@H](O)[C@H](O[C@H]2OC(CN)[C@@H](O)[C@H](O)C2N)C(N)C[C@H]1NC(=O)[C@@H](O)CCN. The lowest BCUT2D eigenvalue weighted by molar-refractivity contribution is -0.289. The van der Waals surface area contributed by atoms with Crippen LogP contribution in [0.4, 0.5) is 0 Å². The first-order valence-electron chi connectivity index (χ1n) is 14.9. The van der Waals surface area contributed by atoms with E-state index in [1.54, 1.807) is 0 Å². The first-order chi connectivity index (χ1) is 19.7. The van der Waals surface area contributed by atoms with Gasteiger partial charge in [-0.1, -0.05) is 25.7 Å². The molecule has 242 valence electrons. The highest BCUT2D eigenvalue weighted by atomic mass is 16.7. The van der Waals surface area contributed by atoms with E-state index in [0.717, 1.165) is 38.8 Å². The molecule has 15 heteroatoms. The summed E-state index contributed by atoms with van der Waals surface area (Å²) in [6, 6.07) is -2.64. The van der Waals surface area contributed by atoms with E-state index in [1.807, 2.05) is 0 Å². The van der Waals surface area contributed by atoms with Crippen molar-refractivity contribution >= 4 is 5.91 Å². The van der Waals surface area contributed by atoms with E-state index in [-0.39, 0.29) is 32.5 Å². The Hall–Kier alpha value is -1.05. The molecule has 0 aromatic rings. The molecule has 11 atom stereocenters. The highest BCUT2D eigenvalue weighted by molar-refractivity contribution is 5.80. The van der Waals surface area contributed by atoms with Gasteiger partial charge in [-0.25, -0.2) is 0 Å².